The Kier molecular flexibility index (Phi) is 8.28. The van der Waals surface area contributed by atoms with Gasteiger partial charge < -0.3 is 19.7 Å². The predicted molar refractivity (Wildman–Crippen MR) is 136 cm³/mol. The number of nitrogens with zero attached hydrogens (tertiary/aromatic N) is 3. The van der Waals surface area contributed by atoms with E-state index in [2.05, 4.69) is 22.2 Å². The van der Waals surface area contributed by atoms with E-state index < -0.39 is 24.2 Å². The maximum absolute atomic E-state index is 15.4. The minimum absolute atomic E-state index is 0.168. The number of halogens is 1. The summed E-state index contributed by atoms with van der Waals surface area (Å²) in [5.74, 6) is -0.829. The number of cyclic esters (lactones) is 1. The molecule has 0 spiro atoms. The molecule has 0 saturated carbocycles. The predicted octanol–water partition coefficient (Wildman–Crippen LogP) is 2.30. The number of nitrogens with one attached hydrogen (secondary N) is 3. The summed E-state index contributed by atoms with van der Waals surface area (Å²) in [6, 6.07) is 13.3. The summed E-state index contributed by atoms with van der Waals surface area (Å²) in [6.45, 7) is 2.10. The number of carbonyl (C=O) groups is 3. The Balaban J connectivity index is 1.46. The highest BCUT2D eigenvalue weighted by molar-refractivity contribution is 5.94. The van der Waals surface area contributed by atoms with Crippen LogP contribution >= 0.6 is 0 Å². The fraction of sp³-hybridized carbons (Fsp3) is 0.385. The van der Waals surface area contributed by atoms with Gasteiger partial charge in [0, 0.05) is 19.0 Å². The molecule has 0 aromatic heterocycles. The van der Waals surface area contributed by atoms with Crippen molar-refractivity contribution >= 4 is 29.3 Å². The molecule has 0 bridgehead atoms. The van der Waals surface area contributed by atoms with Crippen LogP contribution in [0.2, 0.25) is 0 Å². The summed E-state index contributed by atoms with van der Waals surface area (Å²) >= 11 is 0. The van der Waals surface area contributed by atoms with Crippen LogP contribution < -0.4 is 30.7 Å². The monoisotopic (exact) mass is 524 g/mol. The van der Waals surface area contributed by atoms with E-state index in [1.54, 1.807) is 41.3 Å². The lowest BCUT2D eigenvalue weighted by Crippen LogP contribution is -2.56. The van der Waals surface area contributed by atoms with Gasteiger partial charge in [-0.2, -0.15) is 5.26 Å². The van der Waals surface area contributed by atoms with Crippen molar-refractivity contribution in [2.45, 2.75) is 32.0 Å². The Hall–Kier alpha value is -4.37. The van der Waals surface area contributed by atoms with E-state index in [-0.39, 0.29) is 36.5 Å². The summed E-state index contributed by atoms with van der Waals surface area (Å²) in [4.78, 5) is 39.2. The second kappa shape index (κ2) is 11.8. The lowest BCUT2D eigenvalue weighted by Gasteiger charge is -2.39. The van der Waals surface area contributed by atoms with Gasteiger partial charge in [0.1, 0.15) is 17.7 Å². The molecule has 2 fully saturated rings. The molecule has 3 amide bonds. The third-order valence-corrected chi connectivity index (χ3v) is 6.49. The number of anilines is 2. The molecule has 3 atom stereocenters. The molecule has 3 N–H and O–H groups in total. The van der Waals surface area contributed by atoms with Crippen molar-refractivity contribution in [1.82, 2.24) is 16.2 Å². The lowest BCUT2D eigenvalue weighted by molar-refractivity contribution is -0.119. The molecule has 2 heterocycles. The first-order chi connectivity index (χ1) is 18.3. The Morgan fingerprint density at radius 1 is 1.24 bits per heavy atom. The van der Waals surface area contributed by atoms with Crippen LogP contribution in [-0.4, -0.2) is 56.9 Å². The number of hydrogen-bond donors (Lipinski definition) is 3. The van der Waals surface area contributed by atoms with Gasteiger partial charge in [-0.25, -0.2) is 14.6 Å². The molecule has 2 aromatic rings. The molecule has 38 heavy (non-hydrogen) atoms. The largest absolute Gasteiger partial charge is 0.497 e. The van der Waals surface area contributed by atoms with Gasteiger partial charge >= 0.3 is 6.09 Å². The van der Waals surface area contributed by atoms with Crippen molar-refractivity contribution < 1.29 is 28.2 Å². The summed E-state index contributed by atoms with van der Waals surface area (Å²) < 4.78 is 25.8. The fourth-order valence-electron chi connectivity index (χ4n) is 4.46. The van der Waals surface area contributed by atoms with Crippen molar-refractivity contribution in [3.8, 4) is 11.8 Å². The van der Waals surface area contributed by atoms with E-state index in [0.717, 1.165) is 0 Å². The SMILES string of the molecule is COc1ccc(C(=O)NNC2CC(C#N)CCN2c2ccc(N3C[C@H](CNC(C)=O)OC3=O)cc2F)cc1. The summed E-state index contributed by atoms with van der Waals surface area (Å²) in [7, 11) is 1.54. The third-order valence-electron chi connectivity index (χ3n) is 6.49. The number of nitriles is 1. The summed E-state index contributed by atoms with van der Waals surface area (Å²) in [5.41, 5.74) is 6.60. The van der Waals surface area contributed by atoms with Gasteiger partial charge in [0.25, 0.3) is 5.91 Å². The maximum atomic E-state index is 15.4. The van der Waals surface area contributed by atoms with Crippen molar-refractivity contribution in [3.05, 3.63) is 53.8 Å². The molecule has 4 rings (SSSR count). The third kappa shape index (κ3) is 6.12. The van der Waals surface area contributed by atoms with Crippen LogP contribution in [-0.2, 0) is 9.53 Å². The van der Waals surface area contributed by atoms with Gasteiger partial charge in [-0.15, -0.1) is 0 Å². The lowest BCUT2D eigenvalue weighted by atomic mass is 9.95. The highest BCUT2D eigenvalue weighted by Crippen LogP contribution is 2.32. The van der Waals surface area contributed by atoms with E-state index in [1.165, 1.54) is 25.0 Å². The van der Waals surface area contributed by atoms with Gasteiger partial charge in [0.2, 0.25) is 5.91 Å². The molecule has 2 aliphatic rings. The van der Waals surface area contributed by atoms with E-state index in [9.17, 15) is 19.6 Å². The van der Waals surface area contributed by atoms with Crippen LogP contribution in [0.1, 0.15) is 30.1 Å². The van der Waals surface area contributed by atoms with Gasteiger partial charge in [-0.3, -0.25) is 19.9 Å². The number of hydrogen-bond acceptors (Lipinski definition) is 8. The first-order valence-electron chi connectivity index (χ1n) is 12.2. The van der Waals surface area contributed by atoms with Crippen LogP contribution in [0.3, 0.4) is 0 Å². The molecule has 2 aromatic carbocycles. The minimum Gasteiger partial charge on any atom is -0.497 e. The molecule has 11 nitrogen and oxygen atoms in total. The van der Waals surface area contributed by atoms with Crippen LogP contribution in [0.25, 0.3) is 0 Å². The van der Waals surface area contributed by atoms with Crippen molar-refractivity contribution in [2.75, 3.05) is 36.5 Å². The quantitative estimate of drug-likeness (QED) is 0.448. The number of benzene rings is 2. The minimum atomic E-state index is -0.622. The van der Waals surface area contributed by atoms with E-state index >= 15 is 4.39 Å². The molecular formula is C26H29FN6O5. The van der Waals surface area contributed by atoms with Gasteiger partial charge in [-0.05, 0) is 55.3 Å². The Bertz CT molecular complexity index is 1230. The standard InChI is InChI=1S/C26H29FN6O5/c1-16(34)29-14-21-15-33(26(36)38-21)19-5-8-23(22(27)12-19)32-10-9-17(13-28)11-24(32)30-31-25(35)18-3-6-20(37-2)7-4-18/h3-8,12,17,21,24,30H,9-11,14-15H2,1-2H3,(H,29,34)(H,31,35)/t17?,21-,24?/m0/s1. The number of hydrazine groups is 1. The number of carbonyl (C=O) groups excluding carboxylic acids is 3. The molecule has 2 saturated heterocycles. The maximum Gasteiger partial charge on any atom is 0.414 e. The first kappa shape index (κ1) is 26.7. The Morgan fingerprint density at radius 2 is 2.00 bits per heavy atom. The molecule has 0 aliphatic carbocycles. The normalized spacial score (nSPS) is 20.9. The number of piperidine rings is 1. The van der Waals surface area contributed by atoms with Crippen LogP contribution in [0, 0.1) is 23.1 Å². The number of rotatable bonds is 8. The average Bonchev–Trinajstić information content (AvgIpc) is 3.30. The number of amides is 3. The molecule has 2 unspecified atom stereocenters. The van der Waals surface area contributed by atoms with Gasteiger partial charge in [0.15, 0.2) is 0 Å². The fourth-order valence-corrected chi connectivity index (χ4v) is 4.46. The summed E-state index contributed by atoms with van der Waals surface area (Å²) in [6.07, 6.45) is -0.810. The zero-order valence-corrected chi connectivity index (χ0v) is 21.1. The highest BCUT2D eigenvalue weighted by Gasteiger charge is 2.34. The number of methoxy groups -OCH3 is 1. The van der Waals surface area contributed by atoms with Crippen LogP contribution in [0.4, 0.5) is 20.6 Å². The molecule has 2 aliphatic heterocycles. The second-order valence-corrected chi connectivity index (χ2v) is 9.08. The van der Waals surface area contributed by atoms with E-state index in [1.807, 2.05) is 0 Å². The van der Waals surface area contributed by atoms with Crippen molar-refractivity contribution in [1.29, 1.82) is 5.26 Å². The highest BCUT2D eigenvalue weighted by atomic mass is 19.1. The van der Waals surface area contributed by atoms with Crippen molar-refractivity contribution in [2.24, 2.45) is 5.92 Å². The topological polar surface area (TPSA) is 136 Å². The second-order valence-electron chi connectivity index (χ2n) is 9.08. The molecule has 0 radical (unpaired) electrons. The zero-order chi connectivity index (χ0) is 27.2. The molecular weight excluding hydrogens is 495 g/mol. The number of ether oxygens (including phenoxy) is 2. The molecule has 12 heteroatoms. The summed E-state index contributed by atoms with van der Waals surface area (Å²) in [5, 5.41) is 12.1. The van der Waals surface area contributed by atoms with Crippen LogP contribution in [0.15, 0.2) is 42.5 Å². The Morgan fingerprint density at radius 3 is 2.66 bits per heavy atom. The van der Waals surface area contributed by atoms with Crippen LogP contribution in [0.5, 0.6) is 5.75 Å². The van der Waals surface area contributed by atoms with Gasteiger partial charge in [0.05, 0.1) is 49.7 Å². The van der Waals surface area contributed by atoms with Crippen molar-refractivity contribution in [3.63, 3.8) is 0 Å². The zero-order valence-electron chi connectivity index (χ0n) is 21.1. The smallest absolute Gasteiger partial charge is 0.414 e. The Labute approximate surface area is 219 Å². The van der Waals surface area contributed by atoms with E-state index in [0.29, 0.717) is 36.4 Å². The first-order valence-corrected chi connectivity index (χ1v) is 12.2. The van der Waals surface area contributed by atoms with Gasteiger partial charge in [-0.1, -0.05) is 0 Å². The van der Waals surface area contributed by atoms with E-state index in [4.69, 9.17) is 9.47 Å². The average molecular weight is 525 g/mol. The molecule has 200 valence electrons.